The lowest BCUT2D eigenvalue weighted by Crippen LogP contribution is -2.20. The molecule has 6 heteroatoms. The number of carbonyl (C=O) groups excluding carboxylic acids is 1. The Hall–Kier alpha value is -3.31. The van der Waals surface area contributed by atoms with Gasteiger partial charge in [0.1, 0.15) is 5.76 Å². The van der Waals surface area contributed by atoms with Gasteiger partial charge in [-0.2, -0.15) is 0 Å². The predicted octanol–water partition coefficient (Wildman–Crippen LogP) is 6.08. The zero-order chi connectivity index (χ0) is 20.7. The van der Waals surface area contributed by atoms with Crippen molar-refractivity contribution in [1.82, 2.24) is 9.78 Å². The SMILES string of the molecule is Cc1ccc(Nc2nn(-c3ccccc3)c3c2C(=O)C[C@@H](c2ccco2)C3)cc1Cl. The first-order chi connectivity index (χ1) is 14.6. The number of carbonyl (C=O) groups is 1. The van der Waals surface area contributed by atoms with Crippen LogP contribution in [0.25, 0.3) is 5.69 Å². The lowest BCUT2D eigenvalue weighted by atomic mass is 9.85. The molecule has 1 N–H and O–H groups in total. The lowest BCUT2D eigenvalue weighted by Gasteiger charge is -2.21. The first-order valence-electron chi connectivity index (χ1n) is 9.87. The molecule has 2 aromatic carbocycles. The second kappa shape index (κ2) is 7.50. The quantitative estimate of drug-likeness (QED) is 0.437. The van der Waals surface area contributed by atoms with Crippen LogP contribution < -0.4 is 5.32 Å². The minimum Gasteiger partial charge on any atom is -0.469 e. The summed E-state index contributed by atoms with van der Waals surface area (Å²) in [6.45, 7) is 1.95. The molecule has 0 saturated carbocycles. The average Bonchev–Trinajstić information content (AvgIpc) is 3.40. The number of halogens is 1. The van der Waals surface area contributed by atoms with Crippen LogP contribution in [-0.4, -0.2) is 15.6 Å². The Morgan fingerprint density at radius 1 is 1.10 bits per heavy atom. The molecule has 30 heavy (non-hydrogen) atoms. The van der Waals surface area contributed by atoms with E-state index in [0.717, 1.165) is 28.4 Å². The van der Waals surface area contributed by atoms with Gasteiger partial charge in [0.15, 0.2) is 11.6 Å². The van der Waals surface area contributed by atoms with Gasteiger partial charge in [0, 0.05) is 29.5 Å². The van der Waals surface area contributed by atoms with Crippen LogP contribution in [0, 0.1) is 6.92 Å². The molecule has 4 aromatic rings. The second-order valence-corrected chi connectivity index (χ2v) is 7.96. The first-order valence-corrected chi connectivity index (χ1v) is 10.2. The van der Waals surface area contributed by atoms with Crippen molar-refractivity contribution in [1.29, 1.82) is 0 Å². The number of nitrogens with zero attached hydrogens (tertiary/aromatic N) is 2. The van der Waals surface area contributed by atoms with Crippen LogP contribution in [0.15, 0.2) is 71.3 Å². The maximum atomic E-state index is 13.2. The molecule has 2 heterocycles. The summed E-state index contributed by atoms with van der Waals surface area (Å²) in [5.41, 5.74) is 4.23. The molecule has 5 nitrogen and oxygen atoms in total. The van der Waals surface area contributed by atoms with Gasteiger partial charge in [-0.05, 0) is 48.9 Å². The smallest absolute Gasteiger partial charge is 0.169 e. The highest BCUT2D eigenvalue weighted by molar-refractivity contribution is 6.31. The summed E-state index contributed by atoms with van der Waals surface area (Å²) >= 11 is 6.29. The van der Waals surface area contributed by atoms with Gasteiger partial charge in [-0.3, -0.25) is 4.79 Å². The molecule has 1 aliphatic carbocycles. The fraction of sp³-hybridized carbons (Fsp3) is 0.167. The second-order valence-electron chi connectivity index (χ2n) is 7.55. The van der Waals surface area contributed by atoms with Crippen LogP contribution in [0.2, 0.25) is 5.02 Å². The maximum absolute atomic E-state index is 13.2. The predicted molar refractivity (Wildman–Crippen MR) is 117 cm³/mol. The van der Waals surface area contributed by atoms with E-state index >= 15 is 0 Å². The van der Waals surface area contributed by atoms with Crippen molar-refractivity contribution in [3.05, 3.63) is 94.5 Å². The van der Waals surface area contributed by atoms with Crippen LogP contribution in [0.3, 0.4) is 0 Å². The number of Topliss-reactive ketones (excluding diaryl/α,β-unsaturated/α-hetero) is 1. The fourth-order valence-corrected chi connectivity index (χ4v) is 4.15. The standard InChI is InChI=1S/C24H20ClN3O2/c1-15-9-10-17(14-19(15)25)26-24-23-20(28(27-24)18-6-3-2-4-7-18)12-16(13-21(23)29)22-8-5-11-30-22/h2-11,14,16H,12-13H2,1H3,(H,26,27)/t16-/m0/s1. The molecular weight excluding hydrogens is 398 g/mol. The van der Waals surface area contributed by atoms with Gasteiger partial charge in [0.05, 0.1) is 23.2 Å². The third-order valence-corrected chi connectivity index (χ3v) is 5.92. The van der Waals surface area contributed by atoms with Crippen molar-refractivity contribution in [2.75, 3.05) is 5.32 Å². The van der Waals surface area contributed by atoms with Crippen LogP contribution in [-0.2, 0) is 6.42 Å². The van der Waals surface area contributed by atoms with Crippen LogP contribution in [0.4, 0.5) is 11.5 Å². The Kier molecular flexibility index (Phi) is 4.68. The number of rotatable bonds is 4. The Labute approximate surface area is 179 Å². The maximum Gasteiger partial charge on any atom is 0.169 e. The highest BCUT2D eigenvalue weighted by atomic mass is 35.5. The van der Waals surface area contributed by atoms with E-state index in [1.807, 2.05) is 72.3 Å². The van der Waals surface area contributed by atoms with E-state index in [1.54, 1.807) is 6.26 Å². The molecule has 2 aromatic heterocycles. The molecule has 0 aliphatic heterocycles. The lowest BCUT2D eigenvalue weighted by molar-refractivity contribution is 0.0960. The number of para-hydroxylation sites is 1. The van der Waals surface area contributed by atoms with Crippen LogP contribution in [0.5, 0.6) is 0 Å². The van der Waals surface area contributed by atoms with Gasteiger partial charge in [0.2, 0.25) is 0 Å². The van der Waals surface area contributed by atoms with Crippen molar-refractivity contribution in [2.24, 2.45) is 0 Å². The first kappa shape index (κ1) is 18.7. The Bertz CT molecular complexity index is 1210. The molecule has 150 valence electrons. The third kappa shape index (κ3) is 3.31. The molecule has 0 amide bonds. The molecule has 0 spiro atoms. The molecule has 0 bridgehead atoms. The zero-order valence-electron chi connectivity index (χ0n) is 16.4. The number of benzene rings is 2. The number of nitrogens with one attached hydrogen (secondary N) is 1. The minimum absolute atomic E-state index is 0.000770. The van der Waals surface area contributed by atoms with E-state index in [9.17, 15) is 4.79 Å². The minimum atomic E-state index is 0.000770. The number of aromatic nitrogens is 2. The summed E-state index contributed by atoms with van der Waals surface area (Å²) in [5.74, 6) is 1.44. The molecule has 1 aliphatic rings. The number of aryl methyl sites for hydroxylation is 1. The Balaban J connectivity index is 1.61. The number of anilines is 2. The van der Waals surface area contributed by atoms with Crippen LogP contribution >= 0.6 is 11.6 Å². The summed E-state index contributed by atoms with van der Waals surface area (Å²) in [5, 5.41) is 8.76. The van der Waals surface area contributed by atoms with E-state index in [0.29, 0.717) is 29.2 Å². The monoisotopic (exact) mass is 417 g/mol. The number of ketones is 1. The van der Waals surface area contributed by atoms with E-state index in [4.69, 9.17) is 21.1 Å². The van der Waals surface area contributed by atoms with Gasteiger partial charge >= 0.3 is 0 Å². The zero-order valence-corrected chi connectivity index (χ0v) is 17.2. The van der Waals surface area contributed by atoms with Crippen molar-refractivity contribution >= 4 is 28.9 Å². The molecule has 0 radical (unpaired) electrons. The number of hydrogen-bond donors (Lipinski definition) is 1. The van der Waals surface area contributed by atoms with Gasteiger partial charge in [0.25, 0.3) is 0 Å². The summed E-state index contributed by atoms with van der Waals surface area (Å²) in [7, 11) is 0. The summed E-state index contributed by atoms with van der Waals surface area (Å²) < 4.78 is 7.46. The molecule has 1 atom stereocenters. The summed E-state index contributed by atoms with van der Waals surface area (Å²) in [4.78, 5) is 13.2. The largest absolute Gasteiger partial charge is 0.469 e. The van der Waals surface area contributed by atoms with E-state index in [-0.39, 0.29) is 11.7 Å². The van der Waals surface area contributed by atoms with Crippen molar-refractivity contribution in [2.45, 2.75) is 25.7 Å². The highest BCUT2D eigenvalue weighted by Crippen LogP contribution is 2.38. The average molecular weight is 418 g/mol. The topological polar surface area (TPSA) is 60.1 Å². The summed E-state index contributed by atoms with van der Waals surface area (Å²) in [6.07, 6.45) is 2.72. The number of fused-ring (bicyclic) bond motifs is 1. The highest BCUT2D eigenvalue weighted by Gasteiger charge is 2.34. The fourth-order valence-electron chi connectivity index (χ4n) is 3.97. The van der Waals surface area contributed by atoms with Crippen LogP contribution in [0.1, 0.15) is 39.7 Å². The van der Waals surface area contributed by atoms with Crippen molar-refractivity contribution in [3.63, 3.8) is 0 Å². The van der Waals surface area contributed by atoms with Gasteiger partial charge in [-0.15, -0.1) is 5.10 Å². The number of furan rings is 1. The Morgan fingerprint density at radius 3 is 2.67 bits per heavy atom. The van der Waals surface area contributed by atoms with Gasteiger partial charge < -0.3 is 9.73 Å². The molecule has 0 fully saturated rings. The normalized spacial score (nSPS) is 15.8. The Morgan fingerprint density at radius 2 is 1.93 bits per heavy atom. The molecular formula is C24H20ClN3O2. The van der Waals surface area contributed by atoms with Gasteiger partial charge in [-0.25, -0.2) is 4.68 Å². The number of hydrogen-bond acceptors (Lipinski definition) is 4. The van der Waals surface area contributed by atoms with E-state index < -0.39 is 0 Å². The third-order valence-electron chi connectivity index (χ3n) is 5.51. The van der Waals surface area contributed by atoms with E-state index in [1.165, 1.54) is 0 Å². The summed E-state index contributed by atoms with van der Waals surface area (Å²) in [6, 6.07) is 19.4. The molecule has 0 saturated heterocycles. The van der Waals surface area contributed by atoms with Crippen molar-refractivity contribution < 1.29 is 9.21 Å². The van der Waals surface area contributed by atoms with Gasteiger partial charge in [-0.1, -0.05) is 35.9 Å². The van der Waals surface area contributed by atoms with Crippen molar-refractivity contribution in [3.8, 4) is 5.69 Å². The molecule has 0 unspecified atom stereocenters. The molecule has 5 rings (SSSR count). The van der Waals surface area contributed by atoms with E-state index in [2.05, 4.69) is 5.32 Å².